The third-order valence-electron chi connectivity index (χ3n) is 3.69. The molecule has 1 unspecified atom stereocenters. The number of likely N-dealkylation sites (N-methyl/N-ethyl adjacent to an activating group) is 1. The summed E-state index contributed by atoms with van der Waals surface area (Å²) in [4.78, 5) is 8.78. The Balaban J connectivity index is 2.10. The second-order valence-electron chi connectivity index (χ2n) is 5.73. The molecule has 7 nitrogen and oxygen atoms in total. The second kappa shape index (κ2) is 10.7. The number of ether oxygens (including phenoxy) is 1. The highest BCUT2D eigenvalue weighted by Gasteiger charge is 2.09. The third-order valence-corrected chi connectivity index (χ3v) is 3.94. The summed E-state index contributed by atoms with van der Waals surface area (Å²) in [6, 6.07) is 0.343. The fourth-order valence-corrected chi connectivity index (χ4v) is 2.13. The van der Waals surface area contributed by atoms with E-state index >= 15 is 0 Å². The summed E-state index contributed by atoms with van der Waals surface area (Å²) in [6.45, 7) is 8.34. The summed E-state index contributed by atoms with van der Waals surface area (Å²) >= 11 is 5.20. The Kier molecular flexibility index (Phi) is 9.30. The van der Waals surface area contributed by atoms with E-state index in [0.29, 0.717) is 23.7 Å². The highest BCUT2D eigenvalue weighted by Crippen LogP contribution is 1.97. The van der Waals surface area contributed by atoms with E-state index in [1.165, 1.54) is 0 Å². The predicted octanol–water partition coefficient (Wildman–Crippen LogP) is -0.562. The van der Waals surface area contributed by atoms with E-state index in [1.807, 2.05) is 14.1 Å². The van der Waals surface area contributed by atoms with Crippen molar-refractivity contribution in [3.63, 3.8) is 0 Å². The van der Waals surface area contributed by atoms with E-state index in [0.717, 1.165) is 45.8 Å². The molecule has 1 atom stereocenters. The zero-order valence-corrected chi connectivity index (χ0v) is 14.8. The summed E-state index contributed by atoms with van der Waals surface area (Å²) < 4.78 is 5.32. The van der Waals surface area contributed by atoms with E-state index in [9.17, 15) is 0 Å². The van der Waals surface area contributed by atoms with Crippen molar-refractivity contribution >= 4 is 23.3 Å². The van der Waals surface area contributed by atoms with Crippen LogP contribution in [-0.4, -0.2) is 86.9 Å². The van der Waals surface area contributed by atoms with Crippen LogP contribution in [0.15, 0.2) is 4.99 Å². The van der Waals surface area contributed by atoms with Gasteiger partial charge in [0, 0.05) is 25.7 Å². The number of thiocarbonyl (C=S) groups is 1. The van der Waals surface area contributed by atoms with Crippen molar-refractivity contribution in [2.75, 3.05) is 60.0 Å². The number of nitrogens with zero attached hydrogens (tertiary/aromatic N) is 3. The van der Waals surface area contributed by atoms with Crippen molar-refractivity contribution in [3.8, 4) is 0 Å². The van der Waals surface area contributed by atoms with Gasteiger partial charge in [-0.25, -0.2) is 0 Å². The lowest BCUT2D eigenvalue weighted by molar-refractivity contribution is 0.0376. The van der Waals surface area contributed by atoms with Crippen LogP contribution in [0.3, 0.4) is 0 Å². The molecule has 0 amide bonds. The Morgan fingerprint density at radius 2 is 2.09 bits per heavy atom. The zero-order valence-electron chi connectivity index (χ0n) is 14.0. The lowest BCUT2D eigenvalue weighted by Gasteiger charge is -2.26. The Labute approximate surface area is 139 Å². The van der Waals surface area contributed by atoms with Gasteiger partial charge in [-0.15, -0.1) is 0 Å². The third kappa shape index (κ3) is 8.47. The quantitative estimate of drug-likeness (QED) is 0.250. The molecule has 22 heavy (non-hydrogen) atoms. The molecule has 0 spiro atoms. The Morgan fingerprint density at radius 1 is 1.41 bits per heavy atom. The van der Waals surface area contributed by atoms with Crippen LogP contribution in [0.5, 0.6) is 0 Å². The molecule has 0 aromatic carbocycles. The standard InChI is InChI=1S/C14H30N6OS/c1-12(19(2)3)11-17-13(15)18-14(22)16-5-4-6-20-7-9-21-10-8-20/h12H,4-11H2,1-3H3,(H4,15,16,17,18,22). The van der Waals surface area contributed by atoms with Crippen LogP contribution >= 0.6 is 12.2 Å². The van der Waals surface area contributed by atoms with E-state index < -0.39 is 0 Å². The molecular formula is C14H30N6OS. The number of hydrogen-bond acceptors (Lipinski definition) is 5. The van der Waals surface area contributed by atoms with E-state index in [1.54, 1.807) is 0 Å². The molecule has 0 saturated carbocycles. The number of rotatable bonds is 7. The van der Waals surface area contributed by atoms with Crippen molar-refractivity contribution in [2.24, 2.45) is 10.7 Å². The van der Waals surface area contributed by atoms with Gasteiger partial charge in [0.25, 0.3) is 0 Å². The minimum atomic E-state index is 0.343. The molecule has 128 valence electrons. The summed E-state index contributed by atoms with van der Waals surface area (Å²) in [7, 11) is 4.04. The topological polar surface area (TPSA) is 78.1 Å². The van der Waals surface area contributed by atoms with Gasteiger partial charge in [0.1, 0.15) is 0 Å². The summed E-state index contributed by atoms with van der Waals surface area (Å²) in [6.07, 6.45) is 1.04. The fourth-order valence-electron chi connectivity index (χ4n) is 1.92. The van der Waals surface area contributed by atoms with Gasteiger partial charge < -0.3 is 26.0 Å². The largest absolute Gasteiger partial charge is 0.379 e. The number of hydrogen-bond donors (Lipinski definition) is 3. The number of nitrogens with two attached hydrogens (primary N) is 1. The summed E-state index contributed by atoms with van der Waals surface area (Å²) in [5.41, 5.74) is 5.81. The first kappa shape index (κ1) is 19.1. The van der Waals surface area contributed by atoms with E-state index in [4.69, 9.17) is 22.7 Å². The first-order valence-corrected chi connectivity index (χ1v) is 8.21. The normalized spacial score (nSPS) is 18.3. The van der Waals surface area contributed by atoms with Crippen molar-refractivity contribution in [1.82, 2.24) is 20.4 Å². The highest BCUT2D eigenvalue weighted by atomic mass is 32.1. The molecule has 4 N–H and O–H groups in total. The van der Waals surface area contributed by atoms with Crippen molar-refractivity contribution in [2.45, 2.75) is 19.4 Å². The zero-order chi connectivity index (χ0) is 16.4. The average molecular weight is 331 g/mol. The molecule has 0 radical (unpaired) electrons. The lowest BCUT2D eigenvalue weighted by Crippen LogP contribution is -2.44. The van der Waals surface area contributed by atoms with Gasteiger partial charge >= 0.3 is 0 Å². The molecule has 0 aromatic heterocycles. The van der Waals surface area contributed by atoms with Gasteiger partial charge in [0.2, 0.25) is 0 Å². The Morgan fingerprint density at radius 3 is 2.73 bits per heavy atom. The lowest BCUT2D eigenvalue weighted by atomic mass is 10.3. The van der Waals surface area contributed by atoms with E-state index in [2.05, 4.69) is 32.3 Å². The predicted molar refractivity (Wildman–Crippen MR) is 95.3 cm³/mol. The monoisotopic (exact) mass is 330 g/mol. The maximum atomic E-state index is 5.81. The molecule has 1 heterocycles. The molecular weight excluding hydrogens is 300 g/mol. The fraction of sp³-hybridized carbons (Fsp3) is 0.857. The first-order chi connectivity index (χ1) is 10.5. The minimum Gasteiger partial charge on any atom is -0.379 e. The van der Waals surface area contributed by atoms with Crippen LogP contribution in [0, 0.1) is 0 Å². The minimum absolute atomic E-state index is 0.343. The molecule has 1 rings (SSSR count). The van der Waals surface area contributed by atoms with Crippen molar-refractivity contribution in [3.05, 3.63) is 0 Å². The number of guanidine groups is 1. The van der Waals surface area contributed by atoms with Crippen molar-refractivity contribution in [1.29, 1.82) is 0 Å². The van der Waals surface area contributed by atoms with Gasteiger partial charge in [-0.2, -0.15) is 0 Å². The number of nitrogens with one attached hydrogen (secondary N) is 2. The van der Waals surface area contributed by atoms with Gasteiger partial charge in [-0.3, -0.25) is 9.89 Å². The SMILES string of the molecule is CC(CN=C(N)NC(=S)NCCCN1CCOCC1)N(C)C. The second-order valence-corrected chi connectivity index (χ2v) is 6.14. The molecule has 0 aliphatic carbocycles. The average Bonchev–Trinajstić information content (AvgIpc) is 2.50. The molecule has 1 saturated heterocycles. The molecule has 1 aliphatic rings. The van der Waals surface area contributed by atoms with Gasteiger partial charge in [0.05, 0.1) is 19.8 Å². The van der Waals surface area contributed by atoms with Gasteiger partial charge in [0.15, 0.2) is 11.1 Å². The van der Waals surface area contributed by atoms with Gasteiger partial charge in [-0.1, -0.05) is 0 Å². The van der Waals surface area contributed by atoms with E-state index in [-0.39, 0.29) is 0 Å². The number of aliphatic imine (C=N–C) groups is 1. The molecule has 8 heteroatoms. The number of morpholine rings is 1. The maximum absolute atomic E-state index is 5.81. The smallest absolute Gasteiger partial charge is 0.194 e. The molecule has 0 aromatic rings. The first-order valence-electron chi connectivity index (χ1n) is 7.80. The molecule has 1 fully saturated rings. The highest BCUT2D eigenvalue weighted by molar-refractivity contribution is 7.80. The van der Waals surface area contributed by atoms with Crippen LogP contribution in [0.1, 0.15) is 13.3 Å². The van der Waals surface area contributed by atoms with Crippen LogP contribution in [-0.2, 0) is 4.74 Å². The molecule has 0 bridgehead atoms. The van der Waals surface area contributed by atoms with Crippen LogP contribution in [0.25, 0.3) is 0 Å². The van der Waals surface area contributed by atoms with Crippen LogP contribution in [0.2, 0.25) is 0 Å². The van der Waals surface area contributed by atoms with Crippen LogP contribution < -0.4 is 16.4 Å². The maximum Gasteiger partial charge on any atom is 0.194 e. The summed E-state index contributed by atoms with van der Waals surface area (Å²) in [5.74, 6) is 0.361. The Bertz CT molecular complexity index is 357. The van der Waals surface area contributed by atoms with Gasteiger partial charge in [-0.05, 0) is 46.2 Å². The molecule has 1 aliphatic heterocycles. The summed E-state index contributed by atoms with van der Waals surface area (Å²) in [5, 5.41) is 6.59. The van der Waals surface area contributed by atoms with Crippen LogP contribution in [0.4, 0.5) is 0 Å². The Hall–Kier alpha value is -0.960. The van der Waals surface area contributed by atoms with Crippen molar-refractivity contribution < 1.29 is 4.74 Å².